The minimum atomic E-state index is -4.59. The van der Waals surface area contributed by atoms with Crippen LogP contribution in [0.15, 0.2) is 58.5 Å². The van der Waals surface area contributed by atoms with E-state index in [1.54, 1.807) is 65.5 Å². The standard InChI is InChI=1S/C39H53F3N4O5/c1-12-30(27-20-19-26(29(24-27)39(40,41)42)18-15-25-16-21-28(22-17-25)36(2,3)4)43-32(49-11)31-14-13-23-46(31)33(44-34(47)50-37(5,6)7)45-35(48)51-38(8,9)10/h12,16-17,19-22,24,31H,13-15,18,23H2,1-11H3,(H,44,45,47,48)/b30-12-,43-32-. The van der Waals surface area contributed by atoms with Crippen LogP contribution in [0.4, 0.5) is 22.8 Å². The molecule has 12 heteroatoms. The molecule has 0 saturated carbocycles. The molecule has 1 aliphatic heterocycles. The Balaban J connectivity index is 1.95. The van der Waals surface area contributed by atoms with Crippen molar-refractivity contribution in [3.63, 3.8) is 0 Å². The number of hydrogen-bond donors (Lipinski definition) is 1. The molecule has 2 amide bonds. The number of guanidine groups is 1. The fraction of sp³-hybridized carbons (Fsp3) is 0.538. The van der Waals surface area contributed by atoms with E-state index >= 15 is 0 Å². The summed E-state index contributed by atoms with van der Waals surface area (Å²) < 4.78 is 59.8. The summed E-state index contributed by atoms with van der Waals surface area (Å²) in [7, 11) is 1.41. The number of nitrogens with one attached hydrogen (secondary N) is 1. The van der Waals surface area contributed by atoms with Crippen molar-refractivity contribution in [1.29, 1.82) is 0 Å². The molecule has 0 bridgehead atoms. The third kappa shape index (κ3) is 12.4. The van der Waals surface area contributed by atoms with Gasteiger partial charge in [0.2, 0.25) is 11.9 Å². The zero-order valence-corrected chi connectivity index (χ0v) is 31.7. The molecule has 9 nitrogen and oxygen atoms in total. The fourth-order valence-corrected chi connectivity index (χ4v) is 5.55. The molecule has 1 N–H and O–H groups in total. The highest BCUT2D eigenvalue weighted by atomic mass is 19.4. The van der Waals surface area contributed by atoms with Crippen molar-refractivity contribution < 1.29 is 37.0 Å². The first-order chi connectivity index (χ1) is 23.5. The third-order valence-corrected chi connectivity index (χ3v) is 7.94. The van der Waals surface area contributed by atoms with Gasteiger partial charge in [-0.25, -0.2) is 14.6 Å². The summed E-state index contributed by atoms with van der Waals surface area (Å²) in [6.45, 7) is 18.6. The number of carbonyl (C=O) groups excluding carboxylic acids is 2. The van der Waals surface area contributed by atoms with Gasteiger partial charge in [-0.15, -0.1) is 4.99 Å². The number of aryl methyl sites for hydroxylation is 2. The van der Waals surface area contributed by atoms with E-state index < -0.39 is 41.2 Å². The van der Waals surface area contributed by atoms with Crippen LogP contribution in [-0.4, -0.2) is 59.8 Å². The quantitative estimate of drug-likeness (QED) is 0.236. The highest BCUT2D eigenvalue weighted by Crippen LogP contribution is 2.35. The third-order valence-electron chi connectivity index (χ3n) is 7.94. The van der Waals surface area contributed by atoms with Crippen LogP contribution in [0.2, 0.25) is 0 Å². The van der Waals surface area contributed by atoms with Crippen LogP contribution in [0, 0.1) is 0 Å². The maximum Gasteiger partial charge on any atom is 0.437 e. The number of aliphatic imine (C=N–C) groups is 2. The Labute approximate surface area is 300 Å². The predicted octanol–water partition coefficient (Wildman–Crippen LogP) is 9.47. The Morgan fingerprint density at radius 1 is 0.902 bits per heavy atom. The van der Waals surface area contributed by atoms with Crippen LogP contribution < -0.4 is 5.32 Å². The van der Waals surface area contributed by atoms with Crippen molar-refractivity contribution in [3.8, 4) is 0 Å². The van der Waals surface area contributed by atoms with E-state index in [-0.39, 0.29) is 40.5 Å². The number of amides is 2. The van der Waals surface area contributed by atoms with Crippen molar-refractivity contribution >= 4 is 29.7 Å². The Morgan fingerprint density at radius 2 is 1.53 bits per heavy atom. The number of alkyl halides is 3. The number of rotatable bonds is 6. The molecule has 1 unspecified atom stereocenters. The Kier molecular flexibility index (Phi) is 13.2. The number of nitrogens with zero attached hydrogens (tertiary/aromatic N) is 3. The summed E-state index contributed by atoms with van der Waals surface area (Å²) in [5.74, 6) is 0.0457. The molecule has 1 fully saturated rings. The van der Waals surface area contributed by atoms with Gasteiger partial charge in [0.25, 0.3) is 0 Å². The van der Waals surface area contributed by atoms with Gasteiger partial charge in [0.1, 0.15) is 17.2 Å². The number of hydrogen-bond acceptors (Lipinski definition) is 6. The Morgan fingerprint density at radius 3 is 2.06 bits per heavy atom. The maximum absolute atomic E-state index is 14.5. The average Bonchev–Trinajstić information content (AvgIpc) is 3.48. The van der Waals surface area contributed by atoms with Gasteiger partial charge in [0, 0.05) is 12.1 Å². The molecule has 1 aliphatic rings. The first kappa shape index (κ1) is 41.1. The van der Waals surface area contributed by atoms with Crippen LogP contribution in [0.5, 0.6) is 0 Å². The molecule has 0 spiro atoms. The summed E-state index contributed by atoms with van der Waals surface area (Å²) in [6.07, 6.45) is -2.95. The Hall–Kier alpha value is -4.35. The van der Waals surface area contributed by atoms with E-state index in [0.717, 1.165) is 17.2 Å². The first-order valence-corrected chi connectivity index (χ1v) is 17.2. The number of halogens is 3. The lowest BCUT2D eigenvalue weighted by Gasteiger charge is -2.29. The normalized spacial score (nSPS) is 16.6. The number of benzene rings is 2. The molecule has 2 aromatic carbocycles. The zero-order valence-electron chi connectivity index (χ0n) is 31.7. The molecule has 1 heterocycles. The molecule has 280 valence electrons. The number of alkyl carbamates (subject to hydrolysis) is 1. The SMILES string of the molecule is C/C=C(\N=C(/OC)C1CCCN1C(=NC(=O)OC(C)(C)C)NC(=O)OC(C)(C)C)c1ccc(CCc2ccc(C(C)(C)C)cc2)c(C(F)(F)F)c1. The summed E-state index contributed by atoms with van der Waals surface area (Å²) >= 11 is 0. The van der Waals surface area contributed by atoms with Crippen molar-refractivity contribution in [1.82, 2.24) is 10.2 Å². The predicted molar refractivity (Wildman–Crippen MR) is 195 cm³/mol. The van der Waals surface area contributed by atoms with Crippen LogP contribution in [0.25, 0.3) is 5.70 Å². The van der Waals surface area contributed by atoms with Gasteiger partial charge in [-0.1, -0.05) is 63.2 Å². The van der Waals surface area contributed by atoms with Gasteiger partial charge in [-0.2, -0.15) is 13.2 Å². The second-order valence-corrected chi connectivity index (χ2v) is 15.5. The molecule has 1 atom stereocenters. The lowest BCUT2D eigenvalue weighted by molar-refractivity contribution is -0.138. The smallest absolute Gasteiger partial charge is 0.437 e. The van der Waals surface area contributed by atoms with Crippen molar-refractivity contribution in [2.75, 3.05) is 13.7 Å². The molecule has 1 saturated heterocycles. The van der Waals surface area contributed by atoms with Gasteiger partial charge in [-0.05, 0) is 102 Å². The highest BCUT2D eigenvalue weighted by Gasteiger charge is 2.36. The minimum Gasteiger partial charge on any atom is -0.483 e. The molecule has 2 aromatic rings. The largest absolute Gasteiger partial charge is 0.483 e. The number of ether oxygens (including phenoxy) is 3. The number of allylic oxidation sites excluding steroid dienone is 1. The van der Waals surface area contributed by atoms with Crippen molar-refractivity contribution in [3.05, 3.63) is 76.4 Å². The topological polar surface area (TPSA) is 102 Å². The molecule has 3 rings (SSSR count). The zero-order chi connectivity index (χ0) is 38.4. The summed E-state index contributed by atoms with van der Waals surface area (Å²) in [5.41, 5.74) is 0.422. The van der Waals surface area contributed by atoms with E-state index in [0.29, 0.717) is 25.8 Å². The monoisotopic (exact) mass is 714 g/mol. The van der Waals surface area contributed by atoms with Crippen LogP contribution in [0.1, 0.15) is 110 Å². The fourth-order valence-electron chi connectivity index (χ4n) is 5.55. The van der Waals surface area contributed by atoms with E-state index in [1.165, 1.54) is 13.2 Å². The van der Waals surface area contributed by atoms with Gasteiger partial charge in [-0.3, -0.25) is 5.32 Å². The summed E-state index contributed by atoms with van der Waals surface area (Å²) in [5, 5.41) is 2.57. The molecular weight excluding hydrogens is 661 g/mol. The number of methoxy groups -OCH3 is 1. The molecule has 0 aliphatic carbocycles. The van der Waals surface area contributed by atoms with E-state index in [2.05, 4.69) is 36.1 Å². The Bertz CT molecular complexity index is 1630. The van der Waals surface area contributed by atoms with Gasteiger partial charge in [0.05, 0.1) is 18.4 Å². The lowest BCUT2D eigenvalue weighted by Crippen LogP contribution is -2.50. The second kappa shape index (κ2) is 16.3. The molecule has 51 heavy (non-hydrogen) atoms. The molecule has 0 aromatic heterocycles. The first-order valence-electron chi connectivity index (χ1n) is 17.2. The van der Waals surface area contributed by atoms with Crippen molar-refractivity contribution in [2.45, 2.75) is 124 Å². The van der Waals surface area contributed by atoms with E-state index in [4.69, 9.17) is 14.2 Å². The second-order valence-electron chi connectivity index (χ2n) is 15.5. The van der Waals surface area contributed by atoms with E-state index in [9.17, 15) is 22.8 Å². The van der Waals surface area contributed by atoms with Crippen LogP contribution in [-0.2, 0) is 38.6 Å². The van der Waals surface area contributed by atoms with Crippen LogP contribution >= 0.6 is 0 Å². The van der Waals surface area contributed by atoms with Gasteiger partial charge >= 0.3 is 18.4 Å². The van der Waals surface area contributed by atoms with Gasteiger partial charge < -0.3 is 19.1 Å². The van der Waals surface area contributed by atoms with E-state index in [1.807, 2.05) is 24.3 Å². The molecule has 0 radical (unpaired) electrons. The van der Waals surface area contributed by atoms with Crippen molar-refractivity contribution in [2.24, 2.45) is 9.98 Å². The maximum atomic E-state index is 14.5. The van der Waals surface area contributed by atoms with Crippen LogP contribution in [0.3, 0.4) is 0 Å². The minimum absolute atomic E-state index is 0.0174. The van der Waals surface area contributed by atoms with Gasteiger partial charge in [0.15, 0.2) is 0 Å². The summed E-state index contributed by atoms with van der Waals surface area (Å²) in [4.78, 5) is 36.0. The number of carbonyl (C=O) groups is 2. The highest BCUT2D eigenvalue weighted by molar-refractivity contribution is 6.01. The summed E-state index contributed by atoms with van der Waals surface area (Å²) in [6, 6.07) is 11.6. The lowest BCUT2D eigenvalue weighted by atomic mass is 9.86. The number of likely N-dealkylation sites (tertiary alicyclic amines) is 1. The average molecular weight is 715 g/mol. The molecular formula is C39H53F3N4O5.